The van der Waals surface area contributed by atoms with Crippen LogP contribution < -0.4 is 4.74 Å². The van der Waals surface area contributed by atoms with Crippen molar-refractivity contribution >= 4 is 17.2 Å². The van der Waals surface area contributed by atoms with Crippen LogP contribution in [0.5, 0.6) is 5.75 Å². The first kappa shape index (κ1) is 20.6. The van der Waals surface area contributed by atoms with Crippen molar-refractivity contribution in [1.29, 1.82) is 0 Å². The van der Waals surface area contributed by atoms with E-state index in [1.54, 1.807) is 11.3 Å². The van der Waals surface area contributed by atoms with Crippen LogP contribution in [-0.2, 0) is 13.2 Å². The van der Waals surface area contributed by atoms with Crippen molar-refractivity contribution < 1.29 is 9.53 Å². The van der Waals surface area contributed by atoms with Gasteiger partial charge in [0.1, 0.15) is 12.4 Å². The molecule has 1 aliphatic rings. The van der Waals surface area contributed by atoms with E-state index in [4.69, 9.17) is 4.74 Å². The lowest BCUT2D eigenvalue weighted by atomic mass is 10.1. The van der Waals surface area contributed by atoms with Gasteiger partial charge in [-0.2, -0.15) is 0 Å². The van der Waals surface area contributed by atoms with Gasteiger partial charge < -0.3 is 9.64 Å². The molecule has 6 heteroatoms. The Bertz CT molecular complexity index is 992. The molecule has 1 saturated heterocycles. The van der Waals surface area contributed by atoms with Gasteiger partial charge in [0, 0.05) is 43.7 Å². The topological polar surface area (TPSA) is 45.7 Å². The summed E-state index contributed by atoms with van der Waals surface area (Å²) in [6, 6.07) is 16.1. The summed E-state index contributed by atoms with van der Waals surface area (Å²) in [5, 5.41) is 3.04. The van der Waals surface area contributed by atoms with E-state index in [9.17, 15) is 4.79 Å². The summed E-state index contributed by atoms with van der Waals surface area (Å²) >= 11 is 1.62. The van der Waals surface area contributed by atoms with Crippen LogP contribution in [0.15, 0.2) is 53.9 Å². The van der Waals surface area contributed by atoms with Gasteiger partial charge in [-0.3, -0.25) is 9.69 Å². The SMILES string of the molecule is Cc1cccc(CN2CCN(C(=O)c3ccc(OCc4csc(C)n4)cc3)CC2)c1. The molecule has 2 heterocycles. The van der Waals surface area contributed by atoms with Crippen LogP contribution in [0.25, 0.3) is 0 Å². The van der Waals surface area contributed by atoms with Gasteiger partial charge in [-0.15, -0.1) is 11.3 Å². The quantitative estimate of drug-likeness (QED) is 0.595. The lowest BCUT2D eigenvalue weighted by molar-refractivity contribution is 0.0628. The second-order valence-electron chi connectivity index (χ2n) is 7.73. The first-order valence-electron chi connectivity index (χ1n) is 10.3. The van der Waals surface area contributed by atoms with Gasteiger partial charge in [-0.1, -0.05) is 29.8 Å². The molecule has 1 aliphatic heterocycles. The van der Waals surface area contributed by atoms with Crippen LogP contribution >= 0.6 is 11.3 Å². The minimum atomic E-state index is 0.0897. The summed E-state index contributed by atoms with van der Waals surface area (Å²) < 4.78 is 5.78. The van der Waals surface area contributed by atoms with Gasteiger partial charge in [0.2, 0.25) is 0 Å². The Kier molecular flexibility index (Phi) is 6.45. The average Bonchev–Trinajstić information content (AvgIpc) is 3.18. The molecular formula is C24H27N3O2S. The van der Waals surface area contributed by atoms with E-state index in [0.29, 0.717) is 12.2 Å². The minimum absolute atomic E-state index is 0.0897. The number of carbonyl (C=O) groups excluding carboxylic acids is 1. The van der Waals surface area contributed by atoms with Crippen molar-refractivity contribution in [3.63, 3.8) is 0 Å². The molecule has 1 amide bonds. The van der Waals surface area contributed by atoms with Gasteiger partial charge >= 0.3 is 0 Å². The smallest absolute Gasteiger partial charge is 0.253 e. The summed E-state index contributed by atoms with van der Waals surface area (Å²) in [6.07, 6.45) is 0. The fourth-order valence-electron chi connectivity index (χ4n) is 3.69. The Morgan fingerprint density at radius 1 is 1.07 bits per heavy atom. The molecule has 2 aromatic carbocycles. The lowest BCUT2D eigenvalue weighted by Gasteiger charge is -2.34. The lowest BCUT2D eigenvalue weighted by Crippen LogP contribution is -2.48. The number of hydrogen-bond acceptors (Lipinski definition) is 5. The molecule has 0 N–H and O–H groups in total. The van der Waals surface area contributed by atoms with Crippen molar-refractivity contribution in [3.05, 3.63) is 81.3 Å². The third-order valence-electron chi connectivity index (χ3n) is 5.30. The maximum Gasteiger partial charge on any atom is 0.253 e. The maximum atomic E-state index is 12.9. The van der Waals surface area contributed by atoms with E-state index in [0.717, 1.165) is 49.2 Å². The van der Waals surface area contributed by atoms with Crippen molar-refractivity contribution in [2.75, 3.05) is 26.2 Å². The van der Waals surface area contributed by atoms with Gasteiger partial charge in [0.15, 0.2) is 0 Å². The van der Waals surface area contributed by atoms with Crippen molar-refractivity contribution in [1.82, 2.24) is 14.8 Å². The van der Waals surface area contributed by atoms with Crippen LogP contribution in [0.4, 0.5) is 0 Å². The zero-order valence-corrected chi connectivity index (χ0v) is 18.3. The molecule has 0 radical (unpaired) electrons. The molecular weight excluding hydrogens is 394 g/mol. The first-order chi connectivity index (χ1) is 14.6. The van der Waals surface area contributed by atoms with Crippen LogP contribution in [-0.4, -0.2) is 46.9 Å². The molecule has 0 spiro atoms. The van der Waals surface area contributed by atoms with Gasteiger partial charge in [0.25, 0.3) is 5.91 Å². The second-order valence-corrected chi connectivity index (χ2v) is 8.79. The number of ether oxygens (including phenoxy) is 1. The monoisotopic (exact) mass is 421 g/mol. The molecule has 1 aromatic heterocycles. The van der Waals surface area contributed by atoms with E-state index >= 15 is 0 Å². The summed E-state index contributed by atoms with van der Waals surface area (Å²) in [5.41, 5.74) is 4.26. The van der Waals surface area contributed by atoms with Crippen LogP contribution in [0.2, 0.25) is 0 Å². The van der Waals surface area contributed by atoms with Gasteiger partial charge in [0.05, 0.1) is 10.7 Å². The second kappa shape index (κ2) is 9.41. The highest BCUT2D eigenvalue weighted by atomic mass is 32.1. The zero-order valence-electron chi connectivity index (χ0n) is 17.5. The molecule has 0 saturated carbocycles. The number of nitrogens with zero attached hydrogens (tertiary/aromatic N) is 3. The largest absolute Gasteiger partial charge is 0.487 e. The number of hydrogen-bond donors (Lipinski definition) is 0. The molecule has 30 heavy (non-hydrogen) atoms. The van der Waals surface area contributed by atoms with Gasteiger partial charge in [-0.05, 0) is 43.7 Å². The first-order valence-corrected chi connectivity index (χ1v) is 11.2. The third-order valence-corrected chi connectivity index (χ3v) is 6.13. The highest BCUT2D eigenvalue weighted by molar-refractivity contribution is 7.09. The molecule has 4 rings (SSSR count). The van der Waals surface area contributed by atoms with Crippen molar-refractivity contribution in [3.8, 4) is 5.75 Å². The summed E-state index contributed by atoms with van der Waals surface area (Å²) in [6.45, 7) is 8.79. The fourth-order valence-corrected chi connectivity index (χ4v) is 4.28. The van der Waals surface area contributed by atoms with Gasteiger partial charge in [-0.25, -0.2) is 4.98 Å². The number of thiazole rings is 1. The number of aryl methyl sites for hydroxylation is 2. The van der Waals surface area contributed by atoms with Crippen LogP contribution in [0.3, 0.4) is 0 Å². The Morgan fingerprint density at radius 2 is 1.83 bits per heavy atom. The molecule has 0 bridgehead atoms. The van der Waals surface area contributed by atoms with Crippen LogP contribution in [0, 0.1) is 13.8 Å². The maximum absolute atomic E-state index is 12.9. The minimum Gasteiger partial charge on any atom is -0.487 e. The average molecular weight is 422 g/mol. The molecule has 1 fully saturated rings. The van der Waals surface area contributed by atoms with E-state index in [2.05, 4.69) is 41.1 Å². The van der Waals surface area contributed by atoms with E-state index in [1.807, 2.05) is 41.5 Å². The number of benzene rings is 2. The highest BCUT2D eigenvalue weighted by Gasteiger charge is 2.22. The van der Waals surface area contributed by atoms with Crippen molar-refractivity contribution in [2.24, 2.45) is 0 Å². The molecule has 156 valence electrons. The van der Waals surface area contributed by atoms with Crippen molar-refractivity contribution in [2.45, 2.75) is 27.0 Å². The number of amides is 1. The molecule has 0 unspecified atom stereocenters. The number of piperazine rings is 1. The number of aromatic nitrogens is 1. The summed E-state index contributed by atoms with van der Waals surface area (Å²) in [7, 11) is 0. The normalized spacial score (nSPS) is 14.7. The Hall–Kier alpha value is -2.70. The standard InChI is InChI=1S/C24H27N3O2S/c1-18-4-3-5-20(14-18)15-26-10-12-27(13-11-26)24(28)21-6-8-23(9-7-21)29-16-22-17-30-19(2)25-22/h3-9,14,17H,10-13,15-16H2,1-2H3. The predicted octanol–water partition coefficient (Wildman–Crippen LogP) is 4.30. The fraction of sp³-hybridized carbons (Fsp3) is 0.333. The Labute approximate surface area is 181 Å². The van der Waals surface area contributed by atoms with E-state index in [1.165, 1.54) is 11.1 Å². The number of carbonyl (C=O) groups is 1. The molecule has 0 aliphatic carbocycles. The number of rotatable bonds is 6. The molecule has 0 atom stereocenters. The zero-order chi connectivity index (χ0) is 20.9. The Balaban J connectivity index is 1.27. The third kappa shape index (κ3) is 5.26. The molecule has 3 aromatic rings. The Morgan fingerprint density at radius 3 is 2.50 bits per heavy atom. The van der Waals surface area contributed by atoms with E-state index in [-0.39, 0.29) is 5.91 Å². The van der Waals surface area contributed by atoms with Crippen LogP contribution in [0.1, 0.15) is 32.2 Å². The molecule has 5 nitrogen and oxygen atoms in total. The summed E-state index contributed by atoms with van der Waals surface area (Å²) in [4.78, 5) is 21.6. The predicted molar refractivity (Wildman–Crippen MR) is 120 cm³/mol. The summed E-state index contributed by atoms with van der Waals surface area (Å²) in [5.74, 6) is 0.840. The van der Waals surface area contributed by atoms with E-state index < -0.39 is 0 Å². The highest BCUT2D eigenvalue weighted by Crippen LogP contribution is 2.18.